The van der Waals surface area contributed by atoms with Crippen LogP contribution in [0, 0.1) is 5.92 Å². The van der Waals surface area contributed by atoms with Crippen LogP contribution in [0.4, 0.5) is 0 Å². The number of carbonyl (C=O) groups is 1. The van der Waals surface area contributed by atoms with Crippen molar-refractivity contribution in [2.45, 2.75) is 58.2 Å². The molecule has 1 aromatic rings. The Morgan fingerprint density at radius 3 is 2.48 bits per heavy atom. The van der Waals surface area contributed by atoms with Crippen LogP contribution in [0.15, 0.2) is 30.3 Å². The molecule has 2 aliphatic rings. The van der Waals surface area contributed by atoms with Crippen LogP contribution in [-0.2, 0) is 11.3 Å². The van der Waals surface area contributed by atoms with Crippen LogP contribution < -0.4 is 5.32 Å². The Bertz CT molecular complexity index is 539. The molecule has 4 heteroatoms. The maximum absolute atomic E-state index is 12.7. The molecule has 0 spiro atoms. The van der Waals surface area contributed by atoms with E-state index in [4.69, 9.17) is 0 Å². The Hall–Kier alpha value is -1.39. The summed E-state index contributed by atoms with van der Waals surface area (Å²) in [5.74, 6) is 0.836. The predicted octanol–water partition coefficient (Wildman–Crippen LogP) is 2.89. The highest BCUT2D eigenvalue weighted by Crippen LogP contribution is 2.24. The van der Waals surface area contributed by atoms with Gasteiger partial charge in [0.25, 0.3) is 0 Å². The number of benzene rings is 1. The van der Waals surface area contributed by atoms with E-state index in [1.165, 1.54) is 24.8 Å². The number of hydrogen-bond donors (Lipinski definition) is 1. The topological polar surface area (TPSA) is 35.6 Å². The van der Waals surface area contributed by atoms with Crippen molar-refractivity contribution in [1.29, 1.82) is 0 Å². The van der Waals surface area contributed by atoms with E-state index in [1.54, 1.807) is 0 Å². The van der Waals surface area contributed by atoms with Crippen LogP contribution in [-0.4, -0.2) is 54.0 Å². The van der Waals surface area contributed by atoms with Crippen molar-refractivity contribution in [3.8, 4) is 0 Å². The Morgan fingerprint density at radius 1 is 1.12 bits per heavy atom. The molecule has 4 nitrogen and oxygen atoms in total. The third-order valence-electron chi connectivity index (χ3n) is 6.02. The number of hydrogen-bond acceptors (Lipinski definition) is 3. The van der Waals surface area contributed by atoms with E-state index in [-0.39, 0.29) is 11.9 Å². The first kappa shape index (κ1) is 18.4. The number of nitrogens with one attached hydrogen (secondary N) is 1. The number of carbonyl (C=O) groups excluding carboxylic acids is 1. The fourth-order valence-electron chi connectivity index (χ4n) is 4.15. The van der Waals surface area contributed by atoms with Crippen molar-refractivity contribution in [2.75, 3.05) is 26.2 Å². The number of rotatable bonds is 5. The lowest BCUT2D eigenvalue weighted by atomic mass is 9.86. The van der Waals surface area contributed by atoms with Gasteiger partial charge in [-0.05, 0) is 31.2 Å². The van der Waals surface area contributed by atoms with E-state index in [1.807, 2.05) is 0 Å². The third-order valence-corrected chi connectivity index (χ3v) is 6.02. The van der Waals surface area contributed by atoms with Crippen molar-refractivity contribution in [3.63, 3.8) is 0 Å². The molecule has 2 fully saturated rings. The lowest BCUT2D eigenvalue weighted by molar-refractivity contribution is -0.127. The Morgan fingerprint density at radius 2 is 1.80 bits per heavy atom. The van der Waals surface area contributed by atoms with Crippen LogP contribution in [0.2, 0.25) is 0 Å². The second-order valence-corrected chi connectivity index (χ2v) is 7.85. The van der Waals surface area contributed by atoms with Crippen LogP contribution in [0.5, 0.6) is 0 Å². The standard InChI is InChI=1S/C21H33N3O/c1-17-8-6-7-11-20(17)22-21(25)18(2)24-14-12-23(13-15-24)16-19-9-4-3-5-10-19/h3-5,9-10,17-18,20H,6-8,11-16H2,1-2H3,(H,22,25)/t17-,18-,20-/m1/s1. The van der Waals surface area contributed by atoms with E-state index in [0.717, 1.165) is 39.1 Å². The van der Waals surface area contributed by atoms with Crippen LogP contribution in [0.25, 0.3) is 0 Å². The van der Waals surface area contributed by atoms with Gasteiger partial charge >= 0.3 is 0 Å². The third kappa shape index (κ3) is 5.05. The van der Waals surface area contributed by atoms with Gasteiger partial charge in [-0.15, -0.1) is 0 Å². The Balaban J connectivity index is 1.44. The molecular weight excluding hydrogens is 310 g/mol. The first-order valence-electron chi connectivity index (χ1n) is 9.94. The van der Waals surface area contributed by atoms with Gasteiger partial charge in [-0.1, -0.05) is 50.1 Å². The van der Waals surface area contributed by atoms with Crippen LogP contribution in [0.1, 0.15) is 45.1 Å². The molecule has 1 saturated carbocycles. The minimum absolute atomic E-state index is 0.0204. The van der Waals surface area contributed by atoms with Gasteiger partial charge in [0, 0.05) is 38.8 Å². The minimum Gasteiger partial charge on any atom is -0.352 e. The average molecular weight is 344 g/mol. The predicted molar refractivity (Wildman–Crippen MR) is 102 cm³/mol. The zero-order chi connectivity index (χ0) is 17.6. The molecule has 1 amide bonds. The van der Waals surface area contributed by atoms with Gasteiger partial charge in [0.15, 0.2) is 0 Å². The van der Waals surface area contributed by atoms with Crippen molar-refractivity contribution in [2.24, 2.45) is 5.92 Å². The lowest BCUT2D eigenvalue weighted by Crippen LogP contribution is -2.55. The summed E-state index contributed by atoms with van der Waals surface area (Å²) >= 11 is 0. The summed E-state index contributed by atoms with van der Waals surface area (Å²) in [5, 5.41) is 3.32. The quantitative estimate of drug-likeness (QED) is 0.893. The molecule has 3 atom stereocenters. The lowest BCUT2D eigenvalue weighted by Gasteiger charge is -2.38. The zero-order valence-corrected chi connectivity index (χ0v) is 15.8. The Kier molecular flexibility index (Phi) is 6.49. The highest BCUT2D eigenvalue weighted by molar-refractivity contribution is 5.81. The van der Waals surface area contributed by atoms with Crippen molar-refractivity contribution < 1.29 is 4.79 Å². The SMILES string of the molecule is C[C@@H]1CCCC[C@H]1NC(=O)[C@@H](C)N1CCN(Cc2ccccc2)CC1. The maximum Gasteiger partial charge on any atom is 0.237 e. The fraction of sp³-hybridized carbons (Fsp3) is 0.667. The summed E-state index contributed by atoms with van der Waals surface area (Å²) in [6.45, 7) is 9.36. The molecular formula is C21H33N3O. The summed E-state index contributed by atoms with van der Waals surface area (Å²) in [6, 6.07) is 11.0. The van der Waals surface area contributed by atoms with E-state index in [2.05, 4.69) is 59.3 Å². The normalized spacial score (nSPS) is 27.0. The summed E-state index contributed by atoms with van der Waals surface area (Å²) in [4.78, 5) is 17.5. The first-order chi connectivity index (χ1) is 12.1. The molecule has 25 heavy (non-hydrogen) atoms. The van der Waals surface area contributed by atoms with Gasteiger partial charge in [-0.3, -0.25) is 14.6 Å². The van der Waals surface area contributed by atoms with Gasteiger partial charge in [-0.25, -0.2) is 0 Å². The molecule has 1 aliphatic heterocycles. The van der Waals surface area contributed by atoms with Crippen molar-refractivity contribution in [3.05, 3.63) is 35.9 Å². The fourth-order valence-corrected chi connectivity index (χ4v) is 4.15. The van der Waals surface area contributed by atoms with E-state index >= 15 is 0 Å². The molecule has 0 radical (unpaired) electrons. The van der Waals surface area contributed by atoms with Crippen LogP contribution in [0.3, 0.4) is 0 Å². The molecule has 1 heterocycles. The zero-order valence-electron chi connectivity index (χ0n) is 15.8. The Labute approximate surface area is 152 Å². The molecule has 1 N–H and O–H groups in total. The van der Waals surface area contributed by atoms with Crippen LogP contribution >= 0.6 is 0 Å². The average Bonchev–Trinajstić information content (AvgIpc) is 2.64. The second-order valence-electron chi connectivity index (χ2n) is 7.85. The monoisotopic (exact) mass is 343 g/mol. The van der Waals surface area contributed by atoms with Gasteiger partial charge < -0.3 is 5.32 Å². The molecule has 1 aliphatic carbocycles. The van der Waals surface area contributed by atoms with Crippen molar-refractivity contribution in [1.82, 2.24) is 15.1 Å². The number of nitrogens with zero attached hydrogens (tertiary/aromatic N) is 2. The van der Waals surface area contributed by atoms with E-state index in [9.17, 15) is 4.79 Å². The number of piperazine rings is 1. The minimum atomic E-state index is -0.0204. The first-order valence-corrected chi connectivity index (χ1v) is 9.94. The molecule has 0 unspecified atom stereocenters. The summed E-state index contributed by atoms with van der Waals surface area (Å²) in [7, 11) is 0. The highest BCUT2D eigenvalue weighted by Gasteiger charge is 2.29. The molecule has 0 bridgehead atoms. The number of amides is 1. The summed E-state index contributed by atoms with van der Waals surface area (Å²) in [5.41, 5.74) is 1.37. The summed E-state index contributed by atoms with van der Waals surface area (Å²) < 4.78 is 0. The van der Waals surface area contributed by atoms with Crippen molar-refractivity contribution >= 4 is 5.91 Å². The molecule has 0 aromatic heterocycles. The highest BCUT2D eigenvalue weighted by atomic mass is 16.2. The van der Waals surface area contributed by atoms with E-state index < -0.39 is 0 Å². The van der Waals surface area contributed by atoms with Gasteiger partial charge in [-0.2, -0.15) is 0 Å². The molecule has 3 rings (SSSR count). The molecule has 1 saturated heterocycles. The maximum atomic E-state index is 12.7. The van der Waals surface area contributed by atoms with Gasteiger partial charge in [0.05, 0.1) is 6.04 Å². The molecule has 1 aromatic carbocycles. The van der Waals surface area contributed by atoms with Gasteiger partial charge in [0.1, 0.15) is 0 Å². The second kappa shape index (κ2) is 8.81. The van der Waals surface area contributed by atoms with E-state index in [0.29, 0.717) is 12.0 Å². The van der Waals surface area contributed by atoms with Gasteiger partial charge in [0.2, 0.25) is 5.91 Å². The smallest absolute Gasteiger partial charge is 0.237 e. The molecule has 138 valence electrons. The largest absolute Gasteiger partial charge is 0.352 e. The summed E-state index contributed by atoms with van der Waals surface area (Å²) in [6.07, 6.45) is 4.95.